The molecule has 0 spiro atoms. The summed E-state index contributed by atoms with van der Waals surface area (Å²) in [6.07, 6.45) is 5.23. The normalized spacial score (nSPS) is 22.7. The van der Waals surface area contributed by atoms with Crippen molar-refractivity contribution in [3.05, 3.63) is 34.2 Å². The smallest absolute Gasteiger partial charge is 0.225 e. The highest BCUT2D eigenvalue weighted by Gasteiger charge is 2.30. The summed E-state index contributed by atoms with van der Waals surface area (Å²) in [6, 6.07) is 2.77. The molecule has 2 aliphatic rings. The molecule has 5 rings (SSSR count). The van der Waals surface area contributed by atoms with Crippen LogP contribution in [0.4, 0.5) is 22.0 Å². The Kier molecular flexibility index (Phi) is 6.46. The van der Waals surface area contributed by atoms with E-state index in [0.717, 1.165) is 6.42 Å². The van der Waals surface area contributed by atoms with Crippen molar-refractivity contribution < 1.29 is 13.9 Å². The van der Waals surface area contributed by atoms with Crippen molar-refractivity contribution in [2.45, 2.75) is 44.2 Å². The molecular formula is C22H24Cl2FN7O2. The molecule has 12 heteroatoms. The van der Waals surface area contributed by atoms with Gasteiger partial charge in [-0.25, -0.2) is 14.4 Å². The number of carbonyl (C=O) groups excluding carboxylic acids is 1. The highest BCUT2D eigenvalue weighted by atomic mass is 35.5. The van der Waals surface area contributed by atoms with Crippen LogP contribution in [-0.4, -0.2) is 44.7 Å². The third kappa shape index (κ3) is 4.62. The molecule has 1 saturated heterocycles. The zero-order chi connectivity index (χ0) is 23.8. The highest BCUT2D eigenvalue weighted by Crippen LogP contribution is 2.38. The molecule has 180 valence electrons. The average Bonchev–Trinajstić information content (AvgIpc) is 3.43. The predicted octanol–water partition coefficient (Wildman–Crippen LogP) is 4.43. The Morgan fingerprint density at radius 2 is 1.97 bits per heavy atom. The van der Waals surface area contributed by atoms with Gasteiger partial charge < -0.3 is 21.1 Å². The van der Waals surface area contributed by atoms with Crippen LogP contribution in [-0.2, 0) is 9.53 Å². The number of rotatable bonds is 6. The Labute approximate surface area is 205 Å². The summed E-state index contributed by atoms with van der Waals surface area (Å²) >= 11 is 12.2. The standard InChI is InChI=1S/C22H24Cl2FN7O2/c23-12-7-15(24)18(16(25)8-12)30-22-29-17-9-27-21(28-13-5-6-34-10-13)31-20(17)32(22)14-3-1-11(2-4-14)19(26)33/h7-9,11,13-14H,1-6,10H2,(H2,26,33)(H,29,30)(H,27,28,31)/t11-,13-,14-/m0/s1. The minimum atomic E-state index is -0.594. The monoisotopic (exact) mass is 507 g/mol. The van der Waals surface area contributed by atoms with Gasteiger partial charge in [0.15, 0.2) is 5.65 Å². The summed E-state index contributed by atoms with van der Waals surface area (Å²) in [5, 5.41) is 6.67. The van der Waals surface area contributed by atoms with Gasteiger partial charge in [0.25, 0.3) is 0 Å². The van der Waals surface area contributed by atoms with E-state index in [-0.39, 0.29) is 39.6 Å². The fourth-order valence-electron chi connectivity index (χ4n) is 4.62. The molecule has 0 bridgehead atoms. The lowest BCUT2D eigenvalue weighted by atomic mass is 9.85. The van der Waals surface area contributed by atoms with Crippen molar-refractivity contribution in [2.75, 3.05) is 23.8 Å². The second kappa shape index (κ2) is 9.52. The molecular weight excluding hydrogens is 484 g/mol. The second-order valence-corrected chi connectivity index (χ2v) is 9.53. The second-order valence-electron chi connectivity index (χ2n) is 8.69. The van der Waals surface area contributed by atoms with Gasteiger partial charge in [-0.05, 0) is 44.2 Å². The molecule has 3 aromatic rings. The Balaban J connectivity index is 1.54. The zero-order valence-electron chi connectivity index (χ0n) is 18.2. The largest absolute Gasteiger partial charge is 0.379 e. The first-order chi connectivity index (χ1) is 16.4. The van der Waals surface area contributed by atoms with Crippen molar-refractivity contribution in [1.29, 1.82) is 0 Å². The number of nitrogens with zero attached hydrogens (tertiary/aromatic N) is 4. The number of anilines is 3. The third-order valence-electron chi connectivity index (χ3n) is 6.40. The summed E-state index contributed by atoms with van der Waals surface area (Å²) in [7, 11) is 0. The van der Waals surface area contributed by atoms with Gasteiger partial charge in [0.1, 0.15) is 11.3 Å². The Bertz CT molecular complexity index is 1200. The van der Waals surface area contributed by atoms with Crippen LogP contribution < -0.4 is 16.4 Å². The summed E-state index contributed by atoms with van der Waals surface area (Å²) in [4.78, 5) is 25.4. The van der Waals surface area contributed by atoms with Crippen molar-refractivity contribution in [3.8, 4) is 0 Å². The SMILES string of the molecule is NC(=O)[C@H]1CC[C@H](n2c(Nc3c(F)cc(Cl)cc3Cl)nc3cnc(N[C@H]4CCOC4)nc32)CC1. The number of nitrogens with two attached hydrogens (primary N) is 1. The molecule has 2 aromatic heterocycles. The number of ether oxygens (including phenoxy) is 1. The maximum Gasteiger partial charge on any atom is 0.225 e. The molecule has 3 heterocycles. The number of hydrogen-bond donors (Lipinski definition) is 3. The van der Waals surface area contributed by atoms with E-state index >= 15 is 0 Å². The van der Waals surface area contributed by atoms with Gasteiger partial charge in [-0.15, -0.1) is 0 Å². The molecule has 1 aliphatic heterocycles. The molecule has 1 atom stereocenters. The molecule has 4 N–H and O–H groups in total. The summed E-state index contributed by atoms with van der Waals surface area (Å²) in [5.74, 6) is -0.175. The van der Waals surface area contributed by atoms with Crippen LogP contribution in [0.15, 0.2) is 18.3 Å². The zero-order valence-corrected chi connectivity index (χ0v) is 19.7. The number of fused-ring (bicyclic) bond motifs is 1. The Morgan fingerprint density at radius 3 is 2.65 bits per heavy atom. The number of hydrogen-bond acceptors (Lipinski definition) is 7. The van der Waals surface area contributed by atoms with Crippen molar-refractivity contribution in [1.82, 2.24) is 19.5 Å². The quantitative estimate of drug-likeness (QED) is 0.451. The van der Waals surface area contributed by atoms with Crippen LogP contribution in [0.25, 0.3) is 11.2 Å². The average molecular weight is 508 g/mol. The summed E-state index contributed by atoms with van der Waals surface area (Å²) < 4.78 is 22.1. The van der Waals surface area contributed by atoms with Gasteiger partial charge >= 0.3 is 0 Å². The van der Waals surface area contributed by atoms with Crippen molar-refractivity contribution in [2.24, 2.45) is 11.7 Å². The molecule has 1 saturated carbocycles. The van der Waals surface area contributed by atoms with E-state index in [4.69, 9.17) is 38.7 Å². The number of benzene rings is 1. The number of aromatic nitrogens is 4. The van der Waals surface area contributed by atoms with Gasteiger partial charge in [-0.1, -0.05) is 23.2 Å². The molecule has 1 aromatic carbocycles. The molecule has 1 amide bonds. The number of carbonyl (C=O) groups is 1. The van der Waals surface area contributed by atoms with E-state index in [9.17, 15) is 9.18 Å². The first kappa shape index (κ1) is 23.1. The van der Waals surface area contributed by atoms with Gasteiger partial charge in [0.2, 0.25) is 17.8 Å². The summed E-state index contributed by atoms with van der Waals surface area (Å²) in [6.45, 7) is 1.29. The number of primary amides is 1. The fraction of sp³-hybridized carbons (Fsp3) is 0.455. The van der Waals surface area contributed by atoms with E-state index in [0.29, 0.717) is 62.0 Å². The van der Waals surface area contributed by atoms with Crippen molar-refractivity contribution in [3.63, 3.8) is 0 Å². The molecule has 1 aliphatic carbocycles. The lowest BCUT2D eigenvalue weighted by Gasteiger charge is -2.29. The molecule has 2 fully saturated rings. The molecule has 0 unspecified atom stereocenters. The lowest BCUT2D eigenvalue weighted by Crippen LogP contribution is -2.29. The van der Waals surface area contributed by atoms with Crippen LogP contribution >= 0.6 is 23.2 Å². The van der Waals surface area contributed by atoms with E-state index in [1.165, 1.54) is 12.1 Å². The predicted molar refractivity (Wildman–Crippen MR) is 128 cm³/mol. The Morgan fingerprint density at radius 1 is 1.18 bits per heavy atom. The molecule has 0 radical (unpaired) electrons. The van der Waals surface area contributed by atoms with E-state index in [2.05, 4.69) is 20.6 Å². The summed E-state index contributed by atoms with van der Waals surface area (Å²) in [5.41, 5.74) is 6.75. The molecule has 34 heavy (non-hydrogen) atoms. The van der Waals surface area contributed by atoms with Crippen LogP contribution in [0.3, 0.4) is 0 Å². The maximum atomic E-state index is 14.7. The minimum Gasteiger partial charge on any atom is -0.379 e. The minimum absolute atomic E-state index is 0.0187. The van der Waals surface area contributed by atoms with Gasteiger partial charge in [0, 0.05) is 23.6 Å². The van der Waals surface area contributed by atoms with Crippen LogP contribution in [0.5, 0.6) is 0 Å². The Hall–Kier alpha value is -2.69. The van der Waals surface area contributed by atoms with Gasteiger partial charge in [-0.2, -0.15) is 4.98 Å². The number of halogens is 3. The topological polar surface area (TPSA) is 120 Å². The first-order valence-corrected chi connectivity index (χ1v) is 11.9. The van der Waals surface area contributed by atoms with Crippen LogP contribution in [0.2, 0.25) is 10.0 Å². The van der Waals surface area contributed by atoms with E-state index < -0.39 is 5.82 Å². The van der Waals surface area contributed by atoms with Crippen LogP contribution in [0.1, 0.15) is 38.1 Å². The number of nitrogens with one attached hydrogen (secondary N) is 2. The van der Waals surface area contributed by atoms with Gasteiger partial charge in [0.05, 0.1) is 29.6 Å². The lowest BCUT2D eigenvalue weighted by molar-refractivity contribution is -0.122. The first-order valence-electron chi connectivity index (χ1n) is 11.2. The van der Waals surface area contributed by atoms with Gasteiger partial charge in [-0.3, -0.25) is 9.36 Å². The van der Waals surface area contributed by atoms with Crippen LogP contribution in [0, 0.1) is 11.7 Å². The molecule has 9 nitrogen and oxygen atoms in total. The number of amides is 1. The highest BCUT2D eigenvalue weighted by molar-refractivity contribution is 6.36. The fourth-order valence-corrected chi connectivity index (χ4v) is 5.13. The van der Waals surface area contributed by atoms with Crippen molar-refractivity contribution >= 4 is 57.9 Å². The maximum absolute atomic E-state index is 14.7. The van der Waals surface area contributed by atoms with E-state index in [1.807, 2.05) is 4.57 Å². The number of imidazole rings is 1. The third-order valence-corrected chi connectivity index (χ3v) is 6.92. The van der Waals surface area contributed by atoms with E-state index in [1.54, 1.807) is 6.20 Å².